The molecule has 4 rings (SSSR count). The molecule has 0 aliphatic rings. The normalized spacial score (nSPS) is 11.8. The van der Waals surface area contributed by atoms with E-state index in [9.17, 15) is 13.2 Å². The molecule has 0 spiro atoms. The lowest BCUT2D eigenvalue weighted by molar-refractivity contribution is -0.144. The van der Waals surface area contributed by atoms with Gasteiger partial charge in [-0.3, -0.25) is 0 Å². The lowest BCUT2D eigenvalue weighted by Crippen LogP contribution is -2.07. The van der Waals surface area contributed by atoms with Crippen LogP contribution in [0.3, 0.4) is 0 Å². The number of fused-ring (bicyclic) bond motifs is 1. The van der Waals surface area contributed by atoms with E-state index < -0.39 is 12.0 Å². The van der Waals surface area contributed by atoms with Gasteiger partial charge in [0.05, 0.1) is 11.4 Å². The predicted octanol–water partition coefficient (Wildman–Crippen LogP) is 5.24. The molecule has 0 aliphatic carbocycles. The molecule has 2 aromatic heterocycles. The van der Waals surface area contributed by atoms with E-state index in [0.29, 0.717) is 17.0 Å². The standard InChI is InChI=1S/C18H10BrF3N4/c19-13-8-4-7-12(9-13)15-10-14(11-5-2-1-3-6-11)23-17-24-16(18(20,21)22)25-26(15)17/h1-10H. The number of aromatic nitrogens is 4. The third kappa shape index (κ3) is 3.08. The highest BCUT2D eigenvalue weighted by atomic mass is 79.9. The minimum absolute atomic E-state index is 0.103. The molecule has 0 radical (unpaired) electrons. The van der Waals surface area contributed by atoms with E-state index in [2.05, 4.69) is 31.0 Å². The maximum Gasteiger partial charge on any atom is 0.453 e. The van der Waals surface area contributed by atoms with Crippen LogP contribution in [0.2, 0.25) is 0 Å². The molecule has 0 saturated heterocycles. The van der Waals surface area contributed by atoms with Crippen molar-refractivity contribution < 1.29 is 13.2 Å². The summed E-state index contributed by atoms with van der Waals surface area (Å²) in [4.78, 5) is 7.85. The Morgan fingerprint density at radius 3 is 2.27 bits per heavy atom. The first-order valence-corrected chi connectivity index (χ1v) is 8.37. The molecule has 0 N–H and O–H groups in total. The second-order valence-electron chi connectivity index (χ2n) is 5.55. The molecule has 0 bridgehead atoms. The van der Waals surface area contributed by atoms with Gasteiger partial charge < -0.3 is 0 Å². The lowest BCUT2D eigenvalue weighted by atomic mass is 10.1. The average molecular weight is 419 g/mol. The molecule has 0 saturated carbocycles. The molecule has 4 nitrogen and oxygen atoms in total. The van der Waals surface area contributed by atoms with Crippen molar-refractivity contribution in [1.82, 2.24) is 19.6 Å². The smallest absolute Gasteiger partial charge is 0.211 e. The zero-order chi connectivity index (χ0) is 18.3. The zero-order valence-corrected chi connectivity index (χ0v) is 14.7. The molecule has 0 fully saturated rings. The van der Waals surface area contributed by atoms with E-state index in [4.69, 9.17) is 0 Å². The van der Waals surface area contributed by atoms with Gasteiger partial charge in [-0.25, -0.2) is 4.98 Å². The predicted molar refractivity (Wildman–Crippen MR) is 94.4 cm³/mol. The van der Waals surface area contributed by atoms with Gasteiger partial charge in [-0.05, 0) is 18.2 Å². The first-order chi connectivity index (χ1) is 12.4. The number of halogens is 4. The highest BCUT2D eigenvalue weighted by Crippen LogP contribution is 2.30. The first kappa shape index (κ1) is 16.7. The molecule has 2 aromatic carbocycles. The van der Waals surface area contributed by atoms with Crippen molar-refractivity contribution in [3.63, 3.8) is 0 Å². The van der Waals surface area contributed by atoms with Crippen molar-refractivity contribution in [1.29, 1.82) is 0 Å². The number of rotatable bonds is 2. The largest absolute Gasteiger partial charge is 0.453 e. The maximum atomic E-state index is 13.1. The third-order valence-electron chi connectivity index (χ3n) is 3.76. The second kappa shape index (κ2) is 6.21. The van der Waals surface area contributed by atoms with Crippen LogP contribution >= 0.6 is 15.9 Å². The van der Waals surface area contributed by atoms with Crippen LogP contribution in [0, 0.1) is 0 Å². The Hall–Kier alpha value is -2.74. The van der Waals surface area contributed by atoms with E-state index in [1.807, 2.05) is 36.4 Å². The summed E-state index contributed by atoms with van der Waals surface area (Å²) in [6, 6.07) is 18.2. The van der Waals surface area contributed by atoms with E-state index in [-0.39, 0.29) is 5.78 Å². The summed E-state index contributed by atoms with van der Waals surface area (Å²) in [5.41, 5.74) is 2.47. The molecule has 0 amide bonds. The molecule has 26 heavy (non-hydrogen) atoms. The summed E-state index contributed by atoms with van der Waals surface area (Å²) in [5, 5.41) is 3.63. The Labute approximate surface area is 154 Å². The van der Waals surface area contributed by atoms with Crippen LogP contribution in [0.15, 0.2) is 65.1 Å². The Balaban J connectivity index is 2.02. The van der Waals surface area contributed by atoms with Gasteiger partial charge in [-0.2, -0.15) is 22.7 Å². The number of benzene rings is 2. The summed E-state index contributed by atoms with van der Waals surface area (Å²) in [6.07, 6.45) is -4.64. The fourth-order valence-corrected chi connectivity index (χ4v) is 3.00. The van der Waals surface area contributed by atoms with Gasteiger partial charge in [-0.1, -0.05) is 58.4 Å². The van der Waals surface area contributed by atoms with Crippen LogP contribution in [0.1, 0.15) is 5.82 Å². The van der Waals surface area contributed by atoms with Crippen LogP contribution in [-0.4, -0.2) is 19.6 Å². The van der Waals surface area contributed by atoms with E-state index in [0.717, 1.165) is 14.6 Å². The fourth-order valence-electron chi connectivity index (χ4n) is 2.60. The summed E-state index contributed by atoms with van der Waals surface area (Å²) in [6.45, 7) is 0. The van der Waals surface area contributed by atoms with Gasteiger partial charge in [0.1, 0.15) is 0 Å². The monoisotopic (exact) mass is 418 g/mol. The molecule has 4 aromatic rings. The van der Waals surface area contributed by atoms with Crippen molar-refractivity contribution >= 4 is 21.7 Å². The Bertz CT molecular complexity index is 1090. The number of hydrogen-bond acceptors (Lipinski definition) is 3. The third-order valence-corrected chi connectivity index (χ3v) is 4.25. The summed E-state index contributed by atoms with van der Waals surface area (Å²) >= 11 is 3.38. The quantitative estimate of drug-likeness (QED) is 0.447. The van der Waals surface area contributed by atoms with Crippen LogP contribution in [-0.2, 0) is 6.18 Å². The van der Waals surface area contributed by atoms with Crippen molar-refractivity contribution in [3.05, 3.63) is 71.0 Å². The highest BCUT2D eigenvalue weighted by molar-refractivity contribution is 9.10. The van der Waals surface area contributed by atoms with Gasteiger partial charge in [0.2, 0.25) is 0 Å². The van der Waals surface area contributed by atoms with Gasteiger partial charge >= 0.3 is 6.18 Å². The average Bonchev–Trinajstić information content (AvgIpc) is 3.06. The minimum Gasteiger partial charge on any atom is -0.211 e. The van der Waals surface area contributed by atoms with Gasteiger partial charge in [0.25, 0.3) is 11.6 Å². The van der Waals surface area contributed by atoms with Crippen LogP contribution in [0.4, 0.5) is 13.2 Å². The van der Waals surface area contributed by atoms with Crippen molar-refractivity contribution in [2.45, 2.75) is 6.18 Å². The number of alkyl halides is 3. The van der Waals surface area contributed by atoms with Gasteiger partial charge in [-0.15, -0.1) is 5.10 Å². The molecule has 8 heteroatoms. The summed E-state index contributed by atoms with van der Waals surface area (Å²) in [7, 11) is 0. The number of nitrogens with zero attached hydrogens (tertiary/aromatic N) is 4. The topological polar surface area (TPSA) is 43.1 Å². The highest BCUT2D eigenvalue weighted by Gasteiger charge is 2.37. The van der Waals surface area contributed by atoms with E-state index >= 15 is 0 Å². The second-order valence-corrected chi connectivity index (χ2v) is 6.46. The van der Waals surface area contributed by atoms with Crippen molar-refractivity contribution in [3.8, 4) is 22.5 Å². The maximum absolute atomic E-state index is 13.1. The van der Waals surface area contributed by atoms with Gasteiger partial charge in [0.15, 0.2) is 0 Å². The molecular formula is C18H10BrF3N4. The Morgan fingerprint density at radius 1 is 0.846 bits per heavy atom. The van der Waals surface area contributed by atoms with Crippen molar-refractivity contribution in [2.75, 3.05) is 0 Å². The van der Waals surface area contributed by atoms with Gasteiger partial charge in [0, 0.05) is 15.6 Å². The zero-order valence-electron chi connectivity index (χ0n) is 13.1. The molecule has 0 unspecified atom stereocenters. The van der Waals surface area contributed by atoms with Crippen LogP contribution < -0.4 is 0 Å². The van der Waals surface area contributed by atoms with Crippen molar-refractivity contribution in [2.24, 2.45) is 0 Å². The van der Waals surface area contributed by atoms with Crippen LogP contribution in [0.25, 0.3) is 28.3 Å². The number of hydrogen-bond donors (Lipinski definition) is 0. The minimum atomic E-state index is -4.64. The Kier molecular flexibility index (Phi) is 3.99. The van der Waals surface area contributed by atoms with E-state index in [1.54, 1.807) is 24.3 Å². The Morgan fingerprint density at radius 2 is 1.58 bits per heavy atom. The van der Waals surface area contributed by atoms with Crippen LogP contribution in [0.5, 0.6) is 0 Å². The summed E-state index contributed by atoms with van der Waals surface area (Å²) in [5.74, 6) is -1.32. The molecule has 0 atom stereocenters. The first-order valence-electron chi connectivity index (χ1n) is 7.58. The lowest BCUT2D eigenvalue weighted by Gasteiger charge is -2.08. The molecule has 2 heterocycles. The fraction of sp³-hybridized carbons (Fsp3) is 0.0556. The molecular weight excluding hydrogens is 409 g/mol. The summed E-state index contributed by atoms with van der Waals surface area (Å²) < 4.78 is 41.1. The SMILES string of the molecule is FC(F)(F)c1nc2nc(-c3ccccc3)cc(-c3cccc(Br)c3)n2n1. The van der Waals surface area contributed by atoms with E-state index in [1.165, 1.54) is 0 Å². The molecule has 130 valence electrons. The molecule has 0 aliphatic heterocycles.